The Morgan fingerprint density at radius 2 is 1.77 bits per heavy atom. The molecule has 8 nitrogen and oxygen atoms in total. The number of aromatic nitrogens is 5. The van der Waals surface area contributed by atoms with Gasteiger partial charge in [-0.25, -0.2) is 9.50 Å². The van der Waals surface area contributed by atoms with Crippen molar-refractivity contribution in [1.29, 1.82) is 0 Å². The van der Waals surface area contributed by atoms with Crippen molar-refractivity contribution >= 4 is 22.6 Å². The van der Waals surface area contributed by atoms with E-state index in [1.165, 1.54) is 0 Å². The van der Waals surface area contributed by atoms with Gasteiger partial charge >= 0.3 is 6.18 Å². The van der Waals surface area contributed by atoms with Crippen LogP contribution in [-0.2, 0) is 23.9 Å². The maximum atomic E-state index is 13.1. The number of aryl methyl sites for hydroxylation is 2. The number of hydrogen-bond donors (Lipinski definition) is 0. The summed E-state index contributed by atoms with van der Waals surface area (Å²) < 4.78 is 40.1. The van der Waals surface area contributed by atoms with Gasteiger partial charge in [0.2, 0.25) is 5.91 Å². The Morgan fingerprint density at radius 3 is 2.51 bits per heavy atom. The molecule has 0 aliphatic carbocycles. The van der Waals surface area contributed by atoms with E-state index in [0.29, 0.717) is 30.0 Å². The molecule has 1 aliphatic rings. The first-order valence-corrected chi connectivity index (χ1v) is 11.3. The summed E-state index contributed by atoms with van der Waals surface area (Å²) in [6, 6.07) is 10.1. The third-order valence-electron chi connectivity index (χ3n) is 6.47. The maximum Gasteiger partial charge on any atom is 0.453 e. The molecule has 11 heteroatoms. The van der Waals surface area contributed by atoms with Gasteiger partial charge in [-0.1, -0.05) is 24.3 Å². The minimum atomic E-state index is -4.66. The van der Waals surface area contributed by atoms with E-state index in [1.807, 2.05) is 24.3 Å². The summed E-state index contributed by atoms with van der Waals surface area (Å²) in [6.45, 7) is 6.66. The zero-order valence-corrected chi connectivity index (χ0v) is 19.4. The van der Waals surface area contributed by atoms with Gasteiger partial charge in [-0.15, -0.1) is 5.10 Å². The number of nitrogens with zero attached hydrogens (tertiary/aromatic N) is 7. The van der Waals surface area contributed by atoms with Crippen LogP contribution >= 0.6 is 0 Å². The Morgan fingerprint density at radius 1 is 1.03 bits per heavy atom. The number of piperazine rings is 1. The van der Waals surface area contributed by atoms with Crippen molar-refractivity contribution in [2.24, 2.45) is 0 Å². The second kappa shape index (κ2) is 8.88. The summed E-state index contributed by atoms with van der Waals surface area (Å²) >= 11 is 0. The van der Waals surface area contributed by atoms with Crippen LogP contribution in [0.5, 0.6) is 0 Å². The molecule has 0 atom stereocenters. The number of hydrogen-bond acceptors (Lipinski definition) is 6. The molecule has 0 N–H and O–H groups in total. The predicted octanol–water partition coefficient (Wildman–Crippen LogP) is 3.20. The normalized spacial score (nSPS) is 15.3. The number of benzene rings is 1. The molecule has 4 aromatic rings. The Balaban J connectivity index is 1.26. The Kier molecular flexibility index (Phi) is 5.87. The molecule has 1 amide bonds. The van der Waals surface area contributed by atoms with Crippen molar-refractivity contribution in [3.05, 3.63) is 64.9 Å². The number of alkyl halides is 3. The summed E-state index contributed by atoms with van der Waals surface area (Å²) in [5.41, 5.74) is 3.63. The SMILES string of the molecule is Cc1nc2nc(C(F)(F)F)nn2c(C)c1CC(=O)N1CCN(Cc2cccc3cccnc23)CC1. The van der Waals surface area contributed by atoms with Crippen molar-refractivity contribution in [3.63, 3.8) is 0 Å². The minimum absolute atomic E-state index is 0.0507. The number of carbonyl (C=O) groups is 1. The van der Waals surface area contributed by atoms with E-state index in [-0.39, 0.29) is 18.1 Å². The third kappa shape index (κ3) is 4.55. The summed E-state index contributed by atoms with van der Waals surface area (Å²) in [6.07, 6.45) is -2.82. The number of pyridine rings is 1. The maximum absolute atomic E-state index is 13.1. The Hall–Kier alpha value is -3.60. The van der Waals surface area contributed by atoms with Crippen molar-refractivity contribution in [1.82, 2.24) is 34.4 Å². The fraction of sp³-hybridized carbons (Fsp3) is 0.375. The molecule has 1 aliphatic heterocycles. The highest BCUT2D eigenvalue weighted by Gasteiger charge is 2.37. The van der Waals surface area contributed by atoms with Crippen LogP contribution in [0.1, 0.15) is 28.3 Å². The molecular weight excluding hydrogens is 459 g/mol. The van der Waals surface area contributed by atoms with Crippen LogP contribution in [0.2, 0.25) is 0 Å². The van der Waals surface area contributed by atoms with Gasteiger partial charge in [-0.3, -0.25) is 14.7 Å². The summed E-state index contributed by atoms with van der Waals surface area (Å²) in [5, 5.41) is 4.66. The summed E-state index contributed by atoms with van der Waals surface area (Å²) in [4.78, 5) is 29.3. The van der Waals surface area contributed by atoms with Crippen LogP contribution in [0, 0.1) is 13.8 Å². The molecule has 1 aromatic carbocycles. The number of halogens is 3. The first-order chi connectivity index (χ1) is 16.7. The van der Waals surface area contributed by atoms with Gasteiger partial charge in [0, 0.05) is 61.3 Å². The number of carbonyl (C=O) groups excluding carboxylic acids is 1. The van der Waals surface area contributed by atoms with E-state index in [0.717, 1.165) is 40.6 Å². The van der Waals surface area contributed by atoms with Crippen molar-refractivity contribution in [2.75, 3.05) is 26.2 Å². The van der Waals surface area contributed by atoms with Gasteiger partial charge in [0.1, 0.15) is 0 Å². The standard InChI is InChI=1S/C24H24F3N7O/c1-15-19(16(2)34-23(29-15)30-22(31-34)24(25,26)27)13-20(35)33-11-9-32(10-12-33)14-18-6-3-5-17-7-4-8-28-21(17)18/h3-8H,9-14H2,1-2H3. The number of para-hydroxylation sites is 1. The predicted molar refractivity (Wildman–Crippen MR) is 123 cm³/mol. The lowest BCUT2D eigenvalue weighted by molar-refractivity contribution is -0.144. The summed E-state index contributed by atoms with van der Waals surface area (Å²) in [5.74, 6) is -1.45. The molecule has 1 saturated heterocycles. The third-order valence-corrected chi connectivity index (χ3v) is 6.47. The lowest BCUT2D eigenvalue weighted by Gasteiger charge is -2.35. The first-order valence-electron chi connectivity index (χ1n) is 11.3. The molecule has 182 valence electrons. The second-order valence-electron chi connectivity index (χ2n) is 8.73. The lowest BCUT2D eigenvalue weighted by atomic mass is 10.1. The highest BCUT2D eigenvalue weighted by atomic mass is 19.4. The van der Waals surface area contributed by atoms with Gasteiger partial charge in [-0.2, -0.15) is 18.2 Å². The molecule has 0 radical (unpaired) electrons. The van der Waals surface area contributed by atoms with Crippen LogP contribution in [0.15, 0.2) is 36.5 Å². The number of fused-ring (bicyclic) bond motifs is 2. The van der Waals surface area contributed by atoms with E-state index < -0.39 is 12.0 Å². The van der Waals surface area contributed by atoms with Crippen LogP contribution in [0.25, 0.3) is 16.7 Å². The molecule has 0 saturated carbocycles. The quantitative estimate of drug-likeness (QED) is 0.444. The zero-order valence-electron chi connectivity index (χ0n) is 19.4. The van der Waals surface area contributed by atoms with E-state index in [4.69, 9.17) is 0 Å². The smallest absolute Gasteiger partial charge is 0.340 e. The average Bonchev–Trinajstić information content (AvgIpc) is 3.27. The van der Waals surface area contributed by atoms with Crippen LogP contribution in [0.4, 0.5) is 13.2 Å². The molecular formula is C24H24F3N7O. The largest absolute Gasteiger partial charge is 0.453 e. The van der Waals surface area contributed by atoms with E-state index in [2.05, 4.69) is 31.0 Å². The fourth-order valence-electron chi connectivity index (χ4n) is 4.54. The summed E-state index contributed by atoms with van der Waals surface area (Å²) in [7, 11) is 0. The topological polar surface area (TPSA) is 79.5 Å². The molecule has 5 rings (SSSR count). The van der Waals surface area contributed by atoms with Crippen molar-refractivity contribution in [3.8, 4) is 0 Å². The molecule has 0 spiro atoms. The molecule has 3 aromatic heterocycles. The highest BCUT2D eigenvalue weighted by Crippen LogP contribution is 2.27. The zero-order chi connectivity index (χ0) is 24.7. The fourth-order valence-corrected chi connectivity index (χ4v) is 4.54. The van der Waals surface area contributed by atoms with E-state index in [1.54, 1.807) is 24.9 Å². The van der Waals surface area contributed by atoms with Crippen LogP contribution in [0.3, 0.4) is 0 Å². The Bertz CT molecular complexity index is 1400. The first kappa shape index (κ1) is 23.2. The monoisotopic (exact) mass is 483 g/mol. The van der Waals surface area contributed by atoms with Gasteiger partial charge in [0.15, 0.2) is 0 Å². The van der Waals surface area contributed by atoms with Gasteiger partial charge in [0.05, 0.1) is 11.9 Å². The molecule has 4 heterocycles. The second-order valence-corrected chi connectivity index (χ2v) is 8.73. The number of amides is 1. The van der Waals surface area contributed by atoms with E-state index >= 15 is 0 Å². The average molecular weight is 483 g/mol. The van der Waals surface area contributed by atoms with Crippen molar-refractivity contribution < 1.29 is 18.0 Å². The van der Waals surface area contributed by atoms with Gasteiger partial charge in [0.25, 0.3) is 11.6 Å². The van der Waals surface area contributed by atoms with Gasteiger partial charge in [-0.05, 0) is 25.5 Å². The van der Waals surface area contributed by atoms with Crippen LogP contribution < -0.4 is 0 Å². The number of rotatable bonds is 4. The molecule has 0 bridgehead atoms. The minimum Gasteiger partial charge on any atom is -0.340 e. The van der Waals surface area contributed by atoms with Crippen molar-refractivity contribution in [2.45, 2.75) is 33.0 Å². The molecule has 35 heavy (non-hydrogen) atoms. The van der Waals surface area contributed by atoms with E-state index in [9.17, 15) is 18.0 Å². The highest BCUT2D eigenvalue weighted by molar-refractivity contribution is 5.81. The molecule has 0 unspecified atom stereocenters. The lowest BCUT2D eigenvalue weighted by Crippen LogP contribution is -2.48. The molecule has 1 fully saturated rings. The Labute approximate surface area is 199 Å². The van der Waals surface area contributed by atoms with Gasteiger partial charge < -0.3 is 4.90 Å². The van der Waals surface area contributed by atoms with Crippen LogP contribution in [-0.4, -0.2) is 66.5 Å².